The van der Waals surface area contributed by atoms with E-state index in [4.69, 9.17) is 0 Å². The fraction of sp³-hybridized carbons (Fsp3) is 0.538. The first-order valence-corrected chi connectivity index (χ1v) is 7.40. The highest BCUT2D eigenvalue weighted by atomic mass is 32.1. The lowest BCUT2D eigenvalue weighted by Crippen LogP contribution is -2.21. The van der Waals surface area contributed by atoms with Gasteiger partial charge in [-0.15, -0.1) is 11.3 Å². The largest absolute Gasteiger partial charge is 0.330 e. The Morgan fingerprint density at radius 3 is 3.11 bits per heavy atom. The standard InChI is InChI=1S/C13H18N4S/c1-2-12(13-15-5-6-18-13)16-8-11-7-14-9-17(11)10-3-4-10/h5-7,9-10,12,16H,2-4,8H2,1H3. The fourth-order valence-corrected chi connectivity index (χ4v) is 2.99. The molecule has 1 atom stereocenters. The topological polar surface area (TPSA) is 42.7 Å². The molecule has 0 spiro atoms. The summed E-state index contributed by atoms with van der Waals surface area (Å²) < 4.78 is 2.31. The number of thiazole rings is 1. The summed E-state index contributed by atoms with van der Waals surface area (Å²) >= 11 is 1.72. The van der Waals surface area contributed by atoms with E-state index in [1.807, 2.05) is 24.1 Å². The van der Waals surface area contributed by atoms with Crippen LogP contribution in [0.2, 0.25) is 0 Å². The second-order valence-electron chi connectivity index (χ2n) is 4.74. The third kappa shape index (κ3) is 2.47. The van der Waals surface area contributed by atoms with Crippen molar-refractivity contribution < 1.29 is 0 Å². The van der Waals surface area contributed by atoms with Gasteiger partial charge in [-0.25, -0.2) is 9.97 Å². The van der Waals surface area contributed by atoms with Crippen molar-refractivity contribution in [3.05, 3.63) is 34.8 Å². The van der Waals surface area contributed by atoms with Crippen LogP contribution in [0.4, 0.5) is 0 Å². The maximum Gasteiger partial charge on any atom is 0.109 e. The molecule has 0 radical (unpaired) electrons. The second kappa shape index (κ2) is 5.20. The third-order valence-electron chi connectivity index (χ3n) is 3.37. The average molecular weight is 262 g/mol. The summed E-state index contributed by atoms with van der Waals surface area (Å²) in [4.78, 5) is 8.65. The number of hydrogen-bond donors (Lipinski definition) is 1. The summed E-state index contributed by atoms with van der Waals surface area (Å²) in [5.41, 5.74) is 1.28. The number of rotatable bonds is 6. The van der Waals surface area contributed by atoms with E-state index in [2.05, 4.69) is 26.8 Å². The molecule has 1 N–H and O–H groups in total. The molecule has 18 heavy (non-hydrogen) atoms. The van der Waals surface area contributed by atoms with Crippen LogP contribution in [0.1, 0.15) is 49.0 Å². The summed E-state index contributed by atoms with van der Waals surface area (Å²) in [6.45, 7) is 3.06. The van der Waals surface area contributed by atoms with Crippen LogP contribution in [0.3, 0.4) is 0 Å². The minimum absolute atomic E-state index is 0.354. The molecule has 1 aliphatic rings. The predicted molar refractivity (Wildman–Crippen MR) is 72.5 cm³/mol. The monoisotopic (exact) mass is 262 g/mol. The number of hydrogen-bond acceptors (Lipinski definition) is 4. The number of nitrogens with one attached hydrogen (secondary N) is 1. The Hall–Kier alpha value is -1.20. The van der Waals surface area contributed by atoms with Gasteiger partial charge in [0.1, 0.15) is 5.01 Å². The number of nitrogens with zero attached hydrogens (tertiary/aromatic N) is 3. The third-order valence-corrected chi connectivity index (χ3v) is 4.26. The molecule has 0 saturated heterocycles. The zero-order valence-electron chi connectivity index (χ0n) is 10.5. The zero-order chi connectivity index (χ0) is 12.4. The van der Waals surface area contributed by atoms with Crippen molar-refractivity contribution in [2.24, 2.45) is 0 Å². The van der Waals surface area contributed by atoms with Crippen molar-refractivity contribution in [1.82, 2.24) is 19.9 Å². The normalized spacial score (nSPS) is 16.9. The summed E-state index contributed by atoms with van der Waals surface area (Å²) in [6.07, 6.45) is 9.46. The van der Waals surface area contributed by atoms with Gasteiger partial charge in [-0.3, -0.25) is 0 Å². The summed E-state index contributed by atoms with van der Waals surface area (Å²) in [5.74, 6) is 0. The van der Waals surface area contributed by atoms with Gasteiger partial charge in [-0.1, -0.05) is 6.92 Å². The van der Waals surface area contributed by atoms with Gasteiger partial charge < -0.3 is 9.88 Å². The SMILES string of the molecule is CCC(NCc1cncn1C1CC1)c1nccs1. The van der Waals surface area contributed by atoms with Crippen LogP contribution in [-0.2, 0) is 6.54 Å². The van der Waals surface area contributed by atoms with Crippen LogP contribution >= 0.6 is 11.3 Å². The van der Waals surface area contributed by atoms with E-state index in [1.165, 1.54) is 23.5 Å². The Morgan fingerprint density at radius 2 is 2.44 bits per heavy atom. The van der Waals surface area contributed by atoms with Crippen LogP contribution in [0.5, 0.6) is 0 Å². The predicted octanol–water partition coefficient (Wildman–Crippen LogP) is 2.92. The van der Waals surface area contributed by atoms with Gasteiger partial charge >= 0.3 is 0 Å². The lowest BCUT2D eigenvalue weighted by Gasteiger charge is -2.15. The zero-order valence-corrected chi connectivity index (χ0v) is 11.4. The maximum absolute atomic E-state index is 4.39. The Labute approximate surface area is 111 Å². The van der Waals surface area contributed by atoms with Gasteiger partial charge in [0.2, 0.25) is 0 Å². The van der Waals surface area contributed by atoms with Crippen molar-refractivity contribution in [2.45, 2.75) is 44.8 Å². The molecule has 5 heteroatoms. The van der Waals surface area contributed by atoms with E-state index in [0.29, 0.717) is 12.1 Å². The molecular formula is C13H18N4S. The molecule has 2 aromatic rings. The minimum atomic E-state index is 0.354. The van der Waals surface area contributed by atoms with Gasteiger partial charge in [0.25, 0.3) is 0 Å². The van der Waals surface area contributed by atoms with E-state index in [9.17, 15) is 0 Å². The van der Waals surface area contributed by atoms with E-state index >= 15 is 0 Å². The van der Waals surface area contributed by atoms with Crippen molar-refractivity contribution in [3.63, 3.8) is 0 Å². The van der Waals surface area contributed by atoms with Gasteiger partial charge in [0.15, 0.2) is 0 Å². The lowest BCUT2D eigenvalue weighted by molar-refractivity contribution is 0.500. The Morgan fingerprint density at radius 1 is 1.56 bits per heavy atom. The molecule has 0 bridgehead atoms. The minimum Gasteiger partial charge on any atom is -0.330 e. The van der Waals surface area contributed by atoms with E-state index < -0.39 is 0 Å². The van der Waals surface area contributed by atoms with Gasteiger partial charge in [0, 0.05) is 30.4 Å². The molecule has 1 fully saturated rings. The first-order valence-electron chi connectivity index (χ1n) is 6.52. The van der Waals surface area contributed by atoms with Gasteiger partial charge in [-0.05, 0) is 19.3 Å². The molecule has 4 nitrogen and oxygen atoms in total. The summed E-state index contributed by atoms with van der Waals surface area (Å²) in [5, 5.41) is 6.80. The first kappa shape index (κ1) is 11.9. The van der Waals surface area contributed by atoms with Crippen molar-refractivity contribution in [1.29, 1.82) is 0 Å². The van der Waals surface area contributed by atoms with Gasteiger partial charge in [0.05, 0.1) is 18.1 Å². The highest BCUT2D eigenvalue weighted by Crippen LogP contribution is 2.35. The molecule has 1 unspecified atom stereocenters. The molecule has 0 amide bonds. The van der Waals surface area contributed by atoms with E-state index in [1.54, 1.807) is 11.3 Å². The molecule has 2 aromatic heterocycles. The average Bonchev–Trinajstić information content (AvgIpc) is 2.92. The van der Waals surface area contributed by atoms with Crippen LogP contribution in [0.15, 0.2) is 24.1 Å². The van der Waals surface area contributed by atoms with Crippen LogP contribution < -0.4 is 5.32 Å². The Kier molecular flexibility index (Phi) is 3.43. The summed E-state index contributed by atoms with van der Waals surface area (Å²) in [6, 6.07) is 1.05. The molecule has 2 heterocycles. The molecule has 1 saturated carbocycles. The number of imidazole rings is 1. The smallest absolute Gasteiger partial charge is 0.109 e. The molecular weight excluding hydrogens is 244 g/mol. The van der Waals surface area contributed by atoms with Crippen molar-refractivity contribution in [3.8, 4) is 0 Å². The Bertz CT molecular complexity index is 487. The summed E-state index contributed by atoms with van der Waals surface area (Å²) in [7, 11) is 0. The highest BCUT2D eigenvalue weighted by Gasteiger charge is 2.25. The highest BCUT2D eigenvalue weighted by molar-refractivity contribution is 7.09. The number of aromatic nitrogens is 3. The molecule has 0 aromatic carbocycles. The fourth-order valence-electron chi connectivity index (χ4n) is 2.19. The second-order valence-corrected chi connectivity index (χ2v) is 5.66. The van der Waals surface area contributed by atoms with Gasteiger partial charge in [-0.2, -0.15) is 0 Å². The van der Waals surface area contributed by atoms with Crippen LogP contribution in [0, 0.1) is 0 Å². The van der Waals surface area contributed by atoms with Crippen molar-refractivity contribution >= 4 is 11.3 Å². The van der Waals surface area contributed by atoms with E-state index in [-0.39, 0.29) is 0 Å². The first-order chi connectivity index (χ1) is 8.88. The van der Waals surface area contributed by atoms with E-state index in [0.717, 1.165) is 13.0 Å². The maximum atomic E-state index is 4.39. The van der Waals surface area contributed by atoms with Crippen LogP contribution in [-0.4, -0.2) is 14.5 Å². The van der Waals surface area contributed by atoms with Crippen LogP contribution in [0.25, 0.3) is 0 Å². The molecule has 0 aliphatic heterocycles. The molecule has 3 rings (SSSR count). The molecule has 1 aliphatic carbocycles. The lowest BCUT2D eigenvalue weighted by atomic mass is 10.2. The Balaban J connectivity index is 1.64. The molecule has 96 valence electrons. The van der Waals surface area contributed by atoms with Crippen molar-refractivity contribution in [2.75, 3.05) is 0 Å². The quantitative estimate of drug-likeness (QED) is 0.870.